The Morgan fingerprint density at radius 1 is 1.07 bits per heavy atom. The van der Waals surface area contributed by atoms with Crippen LogP contribution in [0.5, 0.6) is 0 Å². The molecule has 6 heteroatoms. The van der Waals surface area contributed by atoms with Gasteiger partial charge in [-0.2, -0.15) is 5.10 Å². The highest BCUT2D eigenvalue weighted by atomic mass is 16.2. The molecule has 6 nitrogen and oxygen atoms in total. The molecule has 2 heterocycles. The van der Waals surface area contributed by atoms with Gasteiger partial charge in [-0.15, -0.1) is 0 Å². The van der Waals surface area contributed by atoms with Gasteiger partial charge >= 0.3 is 5.69 Å². The fourth-order valence-electron chi connectivity index (χ4n) is 3.01. The van der Waals surface area contributed by atoms with Crippen LogP contribution in [0.4, 0.5) is 0 Å². The van der Waals surface area contributed by atoms with Gasteiger partial charge in [-0.1, -0.05) is 29.8 Å². The van der Waals surface area contributed by atoms with Crippen molar-refractivity contribution in [3.8, 4) is 22.4 Å². The molecule has 2 aromatic heterocycles. The van der Waals surface area contributed by atoms with E-state index in [2.05, 4.69) is 25.0 Å². The van der Waals surface area contributed by atoms with Crippen LogP contribution in [0, 0.1) is 6.92 Å². The van der Waals surface area contributed by atoms with E-state index >= 15 is 0 Å². The molecule has 0 saturated heterocycles. The van der Waals surface area contributed by atoms with E-state index in [-0.39, 0.29) is 11.2 Å². The average molecular weight is 364 g/mol. The Kier molecular flexibility index (Phi) is 4.99. The average Bonchev–Trinajstić information content (AvgIpc) is 3.13. The van der Waals surface area contributed by atoms with E-state index in [1.54, 1.807) is 14.0 Å². The zero-order valence-electron chi connectivity index (χ0n) is 16.4. The maximum absolute atomic E-state index is 12.7. The van der Waals surface area contributed by atoms with Gasteiger partial charge < -0.3 is 4.57 Å². The summed E-state index contributed by atoms with van der Waals surface area (Å²) >= 11 is 0. The predicted octanol–water partition coefficient (Wildman–Crippen LogP) is 2.89. The van der Waals surface area contributed by atoms with Gasteiger partial charge in [-0.05, 0) is 38.5 Å². The zero-order valence-corrected chi connectivity index (χ0v) is 16.4. The first kappa shape index (κ1) is 18.6. The fourth-order valence-corrected chi connectivity index (χ4v) is 3.01. The number of rotatable bonds is 4. The second kappa shape index (κ2) is 7.23. The lowest BCUT2D eigenvalue weighted by Crippen LogP contribution is -2.39. The lowest BCUT2D eigenvalue weighted by molar-refractivity contribution is 0.671. The Morgan fingerprint density at radius 2 is 1.78 bits per heavy atom. The number of hydrogen-bond acceptors (Lipinski definition) is 3. The summed E-state index contributed by atoms with van der Waals surface area (Å²) in [7, 11) is 3.18. The first-order chi connectivity index (χ1) is 12.8. The lowest BCUT2D eigenvalue weighted by Gasteiger charge is -2.12. The van der Waals surface area contributed by atoms with E-state index in [0.29, 0.717) is 11.3 Å². The standard InChI is InChI=1S/C21H24N4O2/c1-14(2)9-11-25-12-10-18(22-25)16-7-6-8-17(13-16)19-15(3)23(4)21(27)24(5)20(19)26/h6-10,12-13H,11H2,1-5H3. The molecular weight excluding hydrogens is 340 g/mol. The van der Waals surface area contributed by atoms with Crippen LogP contribution in [-0.2, 0) is 20.6 Å². The lowest BCUT2D eigenvalue weighted by atomic mass is 10.0. The second-order valence-electron chi connectivity index (χ2n) is 6.95. The van der Waals surface area contributed by atoms with Crippen LogP contribution in [0.2, 0.25) is 0 Å². The molecular formula is C21H24N4O2. The van der Waals surface area contributed by atoms with Crippen LogP contribution in [0.1, 0.15) is 19.5 Å². The van der Waals surface area contributed by atoms with Crippen molar-refractivity contribution in [1.82, 2.24) is 18.9 Å². The highest BCUT2D eigenvalue weighted by Gasteiger charge is 2.15. The fraction of sp³-hybridized carbons (Fsp3) is 0.286. The summed E-state index contributed by atoms with van der Waals surface area (Å²) < 4.78 is 4.52. The number of aromatic nitrogens is 4. The third-order valence-electron chi connectivity index (χ3n) is 4.73. The van der Waals surface area contributed by atoms with E-state index < -0.39 is 0 Å². The predicted molar refractivity (Wildman–Crippen MR) is 108 cm³/mol. The van der Waals surface area contributed by atoms with Crippen LogP contribution in [-0.4, -0.2) is 18.9 Å². The van der Waals surface area contributed by atoms with Crippen molar-refractivity contribution in [2.45, 2.75) is 27.3 Å². The molecule has 0 amide bonds. The SMILES string of the molecule is CC(C)=CCn1ccc(-c2cccc(-c3c(C)n(C)c(=O)n(C)c3=O)c2)n1. The minimum Gasteiger partial charge on any atom is -0.300 e. The van der Waals surface area contributed by atoms with Gasteiger partial charge in [0.1, 0.15) is 0 Å². The molecule has 1 aromatic carbocycles. The van der Waals surface area contributed by atoms with E-state index in [0.717, 1.165) is 27.9 Å². The van der Waals surface area contributed by atoms with Gasteiger partial charge in [0.25, 0.3) is 5.56 Å². The van der Waals surface area contributed by atoms with Gasteiger partial charge in [-0.25, -0.2) is 4.79 Å². The quantitative estimate of drug-likeness (QED) is 0.669. The third kappa shape index (κ3) is 3.56. The zero-order chi connectivity index (χ0) is 19.7. The Labute approximate surface area is 158 Å². The second-order valence-corrected chi connectivity index (χ2v) is 6.95. The summed E-state index contributed by atoms with van der Waals surface area (Å²) in [5.74, 6) is 0. The number of allylic oxidation sites excluding steroid dienone is 2. The van der Waals surface area contributed by atoms with Crippen LogP contribution in [0.25, 0.3) is 22.4 Å². The summed E-state index contributed by atoms with van der Waals surface area (Å²) in [6, 6.07) is 9.67. The molecule has 0 bridgehead atoms. The van der Waals surface area contributed by atoms with E-state index in [1.165, 1.54) is 17.2 Å². The largest absolute Gasteiger partial charge is 0.330 e. The van der Waals surface area contributed by atoms with Gasteiger partial charge in [0.15, 0.2) is 0 Å². The van der Waals surface area contributed by atoms with Crippen molar-refractivity contribution in [2.24, 2.45) is 14.1 Å². The number of benzene rings is 1. The summed E-state index contributed by atoms with van der Waals surface area (Å²) in [4.78, 5) is 24.8. The van der Waals surface area contributed by atoms with Gasteiger partial charge in [0, 0.05) is 31.5 Å². The molecule has 27 heavy (non-hydrogen) atoms. The smallest absolute Gasteiger partial charge is 0.300 e. The van der Waals surface area contributed by atoms with Gasteiger partial charge in [-0.3, -0.25) is 14.0 Å². The third-order valence-corrected chi connectivity index (χ3v) is 4.73. The summed E-state index contributed by atoms with van der Waals surface area (Å²) in [6.45, 7) is 6.63. The maximum atomic E-state index is 12.7. The van der Waals surface area contributed by atoms with Crippen LogP contribution in [0.3, 0.4) is 0 Å². The van der Waals surface area contributed by atoms with Crippen molar-refractivity contribution in [2.75, 3.05) is 0 Å². The molecule has 3 aromatic rings. The molecule has 0 N–H and O–H groups in total. The van der Waals surface area contributed by atoms with Crippen LogP contribution < -0.4 is 11.2 Å². The van der Waals surface area contributed by atoms with Crippen molar-refractivity contribution in [1.29, 1.82) is 0 Å². The number of nitrogens with zero attached hydrogens (tertiary/aromatic N) is 4. The Bertz CT molecular complexity index is 1140. The van der Waals surface area contributed by atoms with Crippen molar-refractivity contribution < 1.29 is 0 Å². The minimum absolute atomic E-state index is 0.290. The number of hydrogen-bond donors (Lipinski definition) is 0. The summed E-state index contributed by atoms with van der Waals surface area (Å²) in [6.07, 6.45) is 4.06. The molecule has 140 valence electrons. The Balaban J connectivity index is 2.07. The molecule has 0 radical (unpaired) electrons. The molecule has 0 spiro atoms. The Hall–Kier alpha value is -3.15. The highest BCUT2D eigenvalue weighted by molar-refractivity contribution is 5.72. The van der Waals surface area contributed by atoms with E-state index in [9.17, 15) is 9.59 Å². The summed E-state index contributed by atoms with van der Waals surface area (Å²) in [5, 5.41) is 4.61. The van der Waals surface area contributed by atoms with E-state index in [4.69, 9.17) is 0 Å². The van der Waals surface area contributed by atoms with Crippen LogP contribution in [0.15, 0.2) is 57.8 Å². The monoisotopic (exact) mass is 364 g/mol. The Morgan fingerprint density at radius 3 is 2.48 bits per heavy atom. The molecule has 0 aliphatic rings. The van der Waals surface area contributed by atoms with Gasteiger partial charge in [0.05, 0.1) is 17.8 Å². The topological polar surface area (TPSA) is 61.8 Å². The molecule has 3 rings (SSSR count). The molecule has 0 fully saturated rings. The van der Waals surface area contributed by atoms with Crippen LogP contribution >= 0.6 is 0 Å². The van der Waals surface area contributed by atoms with Gasteiger partial charge in [0.2, 0.25) is 0 Å². The molecule has 0 atom stereocenters. The molecule has 0 aliphatic heterocycles. The first-order valence-corrected chi connectivity index (χ1v) is 8.84. The normalized spacial score (nSPS) is 10.9. The van der Waals surface area contributed by atoms with Crippen molar-refractivity contribution in [3.05, 3.63) is 74.7 Å². The summed E-state index contributed by atoms with van der Waals surface area (Å²) in [5.41, 5.74) is 4.36. The molecule has 0 saturated carbocycles. The van der Waals surface area contributed by atoms with E-state index in [1.807, 2.05) is 41.2 Å². The van der Waals surface area contributed by atoms with Crippen molar-refractivity contribution in [3.63, 3.8) is 0 Å². The van der Waals surface area contributed by atoms with Crippen molar-refractivity contribution >= 4 is 0 Å². The first-order valence-electron chi connectivity index (χ1n) is 8.84. The highest BCUT2D eigenvalue weighted by Crippen LogP contribution is 2.25. The maximum Gasteiger partial charge on any atom is 0.330 e. The minimum atomic E-state index is -0.324. The molecule has 0 unspecified atom stereocenters. The molecule has 0 aliphatic carbocycles.